The van der Waals surface area contributed by atoms with Crippen LogP contribution in [0, 0.1) is 0 Å². The van der Waals surface area contributed by atoms with Gasteiger partial charge in [-0.25, -0.2) is 0 Å². The van der Waals surface area contributed by atoms with Gasteiger partial charge in [-0.2, -0.15) is 14.9 Å². The summed E-state index contributed by atoms with van der Waals surface area (Å²) in [5, 5.41) is 15.1. The molecule has 0 radical (unpaired) electrons. The fourth-order valence-electron chi connectivity index (χ4n) is 3.43. The summed E-state index contributed by atoms with van der Waals surface area (Å²) in [5.74, 6) is -0.367. The molecule has 10 heteroatoms. The van der Waals surface area contributed by atoms with Crippen molar-refractivity contribution in [1.82, 2.24) is 30.2 Å². The van der Waals surface area contributed by atoms with Gasteiger partial charge in [0.15, 0.2) is 0 Å². The molecule has 0 saturated heterocycles. The SMILES string of the molecule is CNCc1ccc(Cl)cc1-c1ccc([C@@H](C)NC(=O)c2ccc(=O)n(-c3cnn(C)c3)n2)s1. The summed E-state index contributed by atoms with van der Waals surface area (Å²) in [7, 11) is 3.65. The van der Waals surface area contributed by atoms with Gasteiger partial charge in [0.1, 0.15) is 11.4 Å². The molecule has 0 aliphatic rings. The van der Waals surface area contributed by atoms with Crippen molar-refractivity contribution in [1.29, 1.82) is 0 Å². The Morgan fingerprint density at radius 3 is 2.76 bits per heavy atom. The summed E-state index contributed by atoms with van der Waals surface area (Å²) < 4.78 is 2.73. The highest BCUT2D eigenvalue weighted by molar-refractivity contribution is 7.15. The summed E-state index contributed by atoms with van der Waals surface area (Å²) in [6.07, 6.45) is 3.17. The summed E-state index contributed by atoms with van der Waals surface area (Å²) in [6, 6.07) is 12.4. The highest BCUT2D eigenvalue weighted by atomic mass is 35.5. The molecule has 8 nitrogen and oxygen atoms in total. The zero-order chi connectivity index (χ0) is 23.5. The van der Waals surface area contributed by atoms with E-state index in [0.717, 1.165) is 32.1 Å². The van der Waals surface area contributed by atoms with Crippen LogP contribution in [0.3, 0.4) is 0 Å². The van der Waals surface area contributed by atoms with Crippen LogP contribution < -0.4 is 16.2 Å². The summed E-state index contributed by atoms with van der Waals surface area (Å²) in [6.45, 7) is 2.64. The highest BCUT2D eigenvalue weighted by Gasteiger charge is 2.17. The summed E-state index contributed by atoms with van der Waals surface area (Å²) >= 11 is 7.83. The van der Waals surface area contributed by atoms with Gasteiger partial charge < -0.3 is 10.6 Å². The van der Waals surface area contributed by atoms with Gasteiger partial charge >= 0.3 is 0 Å². The maximum absolute atomic E-state index is 12.9. The molecule has 1 amide bonds. The number of hydrogen-bond donors (Lipinski definition) is 2. The predicted molar refractivity (Wildman–Crippen MR) is 130 cm³/mol. The number of benzene rings is 1. The Morgan fingerprint density at radius 2 is 2.03 bits per heavy atom. The Balaban J connectivity index is 1.54. The molecule has 0 saturated carbocycles. The van der Waals surface area contributed by atoms with Crippen molar-refractivity contribution in [3.63, 3.8) is 0 Å². The minimum Gasteiger partial charge on any atom is -0.343 e. The molecule has 0 aliphatic carbocycles. The smallest absolute Gasteiger partial charge is 0.272 e. The first kappa shape index (κ1) is 22.9. The Hall–Kier alpha value is -3.27. The monoisotopic (exact) mass is 482 g/mol. The van der Waals surface area contributed by atoms with E-state index in [4.69, 9.17) is 11.6 Å². The van der Waals surface area contributed by atoms with E-state index in [2.05, 4.69) is 20.8 Å². The molecular weight excluding hydrogens is 460 g/mol. The molecule has 0 fully saturated rings. The topological polar surface area (TPSA) is 93.8 Å². The standard InChI is InChI=1S/C23H23ClN6O2S/c1-14(20-7-8-21(33-20)18-10-16(24)5-4-15(18)11-25-2)27-23(32)19-6-9-22(31)30(28-19)17-12-26-29(3)13-17/h4-10,12-14,25H,11H2,1-3H3,(H,27,32)/t14-/m1/s1. The number of rotatable bonds is 7. The third-order valence-corrected chi connectivity index (χ3v) is 6.61. The van der Waals surface area contributed by atoms with Gasteiger partial charge in [-0.3, -0.25) is 14.3 Å². The van der Waals surface area contributed by atoms with Gasteiger partial charge in [0.25, 0.3) is 11.5 Å². The molecule has 170 valence electrons. The van der Waals surface area contributed by atoms with Gasteiger partial charge in [-0.05, 0) is 55.4 Å². The molecule has 1 aromatic carbocycles. The third kappa shape index (κ3) is 5.05. The van der Waals surface area contributed by atoms with E-state index in [-0.39, 0.29) is 23.2 Å². The van der Waals surface area contributed by atoms with E-state index < -0.39 is 0 Å². The average molecular weight is 483 g/mol. The third-order valence-electron chi connectivity index (χ3n) is 5.07. The van der Waals surface area contributed by atoms with Gasteiger partial charge in [-0.1, -0.05) is 17.7 Å². The molecule has 3 aromatic heterocycles. The second kappa shape index (κ2) is 9.70. The number of hydrogen-bond acceptors (Lipinski definition) is 6. The van der Waals surface area contributed by atoms with E-state index in [0.29, 0.717) is 10.7 Å². The van der Waals surface area contributed by atoms with Crippen LogP contribution in [0.15, 0.2) is 59.7 Å². The number of nitrogens with zero attached hydrogens (tertiary/aromatic N) is 4. The number of halogens is 1. The van der Waals surface area contributed by atoms with Crippen LogP contribution >= 0.6 is 22.9 Å². The molecule has 1 atom stereocenters. The number of nitrogens with one attached hydrogen (secondary N) is 2. The molecule has 3 heterocycles. The van der Waals surface area contributed by atoms with Crippen molar-refractivity contribution in [3.8, 4) is 16.1 Å². The van der Waals surface area contributed by atoms with Gasteiger partial charge in [-0.15, -0.1) is 11.3 Å². The van der Waals surface area contributed by atoms with Crippen LogP contribution in [0.4, 0.5) is 0 Å². The second-order valence-corrected chi connectivity index (χ2v) is 9.12. The van der Waals surface area contributed by atoms with Crippen LogP contribution in [0.5, 0.6) is 0 Å². The lowest BCUT2D eigenvalue weighted by atomic mass is 10.1. The summed E-state index contributed by atoms with van der Waals surface area (Å²) in [4.78, 5) is 27.1. The summed E-state index contributed by atoms with van der Waals surface area (Å²) in [5.41, 5.74) is 2.51. The lowest BCUT2D eigenvalue weighted by Gasteiger charge is -2.13. The zero-order valence-electron chi connectivity index (χ0n) is 18.4. The largest absolute Gasteiger partial charge is 0.343 e. The predicted octanol–water partition coefficient (Wildman–Crippen LogP) is 3.56. The van der Waals surface area contributed by atoms with E-state index in [1.165, 1.54) is 18.3 Å². The Labute approximate surface area is 199 Å². The van der Waals surface area contributed by atoms with Gasteiger partial charge in [0.2, 0.25) is 0 Å². The lowest BCUT2D eigenvalue weighted by molar-refractivity contribution is 0.0933. The highest BCUT2D eigenvalue weighted by Crippen LogP contribution is 2.35. The van der Waals surface area contributed by atoms with Crippen LogP contribution in [0.1, 0.15) is 33.9 Å². The molecule has 4 rings (SSSR count). The van der Waals surface area contributed by atoms with Gasteiger partial charge in [0, 0.05) is 34.4 Å². The maximum atomic E-state index is 12.9. The van der Waals surface area contributed by atoms with Crippen molar-refractivity contribution in [2.75, 3.05) is 7.05 Å². The minimum absolute atomic E-state index is 0.147. The first-order valence-corrected chi connectivity index (χ1v) is 11.5. The van der Waals surface area contributed by atoms with Crippen LogP contribution in [-0.2, 0) is 13.6 Å². The Morgan fingerprint density at radius 1 is 1.21 bits per heavy atom. The first-order chi connectivity index (χ1) is 15.9. The van der Waals surface area contributed by atoms with Gasteiger partial charge in [0.05, 0.1) is 18.4 Å². The molecule has 0 spiro atoms. The fourth-order valence-corrected chi connectivity index (χ4v) is 4.66. The second-order valence-electron chi connectivity index (χ2n) is 7.57. The molecule has 33 heavy (non-hydrogen) atoms. The number of amides is 1. The Bertz CT molecular complexity index is 1360. The average Bonchev–Trinajstić information content (AvgIpc) is 3.45. The van der Waals surface area contributed by atoms with E-state index >= 15 is 0 Å². The van der Waals surface area contributed by atoms with Crippen molar-refractivity contribution in [3.05, 3.63) is 86.4 Å². The van der Waals surface area contributed by atoms with E-state index in [1.807, 2.05) is 44.3 Å². The molecule has 2 N–H and O–H groups in total. The van der Waals surface area contributed by atoms with Crippen molar-refractivity contribution < 1.29 is 4.79 Å². The van der Waals surface area contributed by atoms with Crippen molar-refractivity contribution in [2.45, 2.75) is 19.5 Å². The normalized spacial score (nSPS) is 12.0. The maximum Gasteiger partial charge on any atom is 0.272 e. The van der Waals surface area contributed by atoms with Crippen molar-refractivity contribution in [2.24, 2.45) is 7.05 Å². The fraction of sp³-hybridized carbons (Fsp3) is 0.217. The number of aromatic nitrogens is 4. The minimum atomic E-state index is -0.367. The molecule has 0 unspecified atom stereocenters. The number of thiophene rings is 1. The Kier molecular flexibility index (Phi) is 6.73. The van der Waals surface area contributed by atoms with Crippen LogP contribution in [0.2, 0.25) is 5.02 Å². The zero-order valence-corrected chi connectivity index (χ0v) is 19.9. The number of carbonyl (C=O) groups excluding carboxylic acids is 1. The van der Waals surface area contributed by atoms with E-state index in [9.17, 15) is 9.59 Å². The molecular formula is C23H23ClN6O2S. The van der Waals surface area contributed by atoms with Crippen molar-refractivity contribution >= 4 is 28.8 Å². The molecule has 0 bridgehead atoms. The van der Waals surface area contributed by atoms with E-state index in [1.54, 1.807) is 29.3 Å². The van der Waals surface area contributed by atoms with Crippen LogP contribution in [-0.4, -0.2) is 32.5 Å². The lowest BCUT2D eigenvalue weighted by Crippen LogP contribution is -2.30. The quantitative estimate of drug-likeness (QED) is 0.420. The first-order valence-electron chi connectivity index (χ1n) is 10.3. The number of aryl methyl sites for hydroxylation is 1. The number of carbonyl (C=O) groups is 1. The molecule has 0 aliphatic heterocycles. The van der Waals surface area contributed by atoms with Crippen LogP contribution in [0.25, 0.3) is 16.1 Å². The molecule has 4 aromatic rings.